The molecule has 18 heavy (non-hydrogen) atoms. The largest absolute Gasteiger partial charge is 0.378 e. The molecular formula is C14H12N4. The molecule has 0 aliphatic heterocycles. The maximum absolute atomic E-state index is 4.33. The van der Waals surface area contributed by atoms with Gasteiger partial charge in [0.25, 0.3) is 0 Å². The van der Waals surface area contributed by atoms with E-state index in [1.165, 1.54) is 5.56 Å². The molecule has 4 nitrogen and oxygen atoms in total. The molecule has 0 unspecified atom stereocenters. The lowest BCUT2D eigenvalue weighted by Gasteiger charge is -2.07. The fourth-order valence-corrected chi connectivity index (χ4v) is 1.82. The molecule has 0 saturated carbocycles. The second kappa shape index (κ2) is 4.79. The minimum Gasteiger partial charge on any atom is -0.378 e. The van der Waals surface area contributed by atoms with Crippen molar-refractivity contribution < 1.29 is 0 Å². The number of fused-ring (bicyclic) bond motifs is 1. The van der Waals surface area contributed by atoms with Crippen molar-refractivity contribution in [3.63, 3.8) is 0 Å². The summed E-state index contributed by atoms with van der Waals surface area (Å²) in [6.07, 6.45) is 3.47. The van der Waals surface area contributed by atoms with Crippen molar-refractivity contribution in [2.75, 3.05) is 5.32 Å². The Hall–Kier alpha value is -2.49. The van der Waals surface area contributed by atoms with Gasteiger partial charge in [-0.2, -0.15) is 5.10 Å². The lowest BCUT2D eigenvalue weighted by molar-refractivity contribution is 1.05. The zero-order chi connectivity index (χ0) is 12.2. The van der Waals surface area contributed by atoms with Crippen LogP contribution in [-0.4, -0.2) is 15.2 Å². The molecule has 1 N–H and O–H groups in total. The molecule has 0 amide bonds. The number of nitrogens with one attached hydrogen (secondary N) is 1. The standard InChI is InChI=1S/C14H12N4/c1-2-5-11(6-3-1)9-16-13-10-17-18-12-7-4-8-15-14(12)13/h1-8,10H,9H2,(H,16,18). The average Bonchev–Trinajstić information content (AvgIpc) is 2.46. The van der Waals surface area contributed by atoms with Crippen LogP contribution in [0.3, 0.4) is 0 Å². The van der Waals surface area contributed by atoms with Crippen molar-refractivity contribution in [3.05, 3.63) is 60.4 Å². The van der Waals surface area contributed by atoms with Crippen LogP contribution in [0.2, 0.25) is 0 Å². The van der Waals surface area contributed by atoms with E-state index >= 15 is 0 Å². The number of benzene rings is 1. The second-order valence-corrected chi connectivity index (χ2v) is 3.97. The number of rotatable bonds is 3. The number of hydrogen-bond donors (Lipinski definition) is 1. The molecule has 0 bridgehead atoms. The first-order valence-corrected chi connectivity index (χ1v) is 5.78. The Morgan fingerprint density at radius 3 is 2.78 bits per heavy atom. The van der Waals surface area contributed by atoms with Crippen molar-refractivity contribution in [1.82, 2.24) is 15.2 Å². The van der Waals surface area contributed by atoms with Gasteiger partial charge in [0.2, 0.25) is 0 Å². The fraction of sp³-hybridized carbons (Fsp3) is 0.0714. The van der Waals surface area contributed by atoms with Crippen LogP contribution in [0.25, 0.3) is 11.0 Å². The van der Waals surface area contributed by atoms with Gasteiger partial charge in [0.05, 0.1) is 11.9 Å². The van der Waals surface area contributed by atoms with E-state index in [1.54, 1.807) is 12.4 Å². The molecule has 0 saturated heterocycles. The summed E-state index contributed by atoms with van der Waals surface area (Å²) >= 11 is 0. The smallest absolute Gasteiger partial charge is 0.115 e. The molecule has 0 atom stereocenters. The fourth-order valence-electron chi connectivity index (χ4n) is 1.82. The van der Waals surface area contributed by atoms with Gasteiger partial charge in [-0.25, -0.2) is 0 Å². The van der Waals surface area contributed by atoms with Gasteiger partial charge in [-0.1, -0.05) is 30.3 Å². The monoisotopic (exact) mass is 236 g/mol. The Kier molecular flexibility index (Phi) is 2.84. The van der Waals surface area contributed by atoms with Crippen LogP contribution in [0.5, 0.6) is 0 Å². The molecule has 1 aromatic carbocycles. The summed E-state index contributed by atoms with van der Waals surface area (Å²) < 4.78 is 0. The van der Waals surface area contributed by atoms with Crippen LogP contribution in [0.4, 0.5) is 5.69 Å². The Balaban J connectivity index is 1.87. The third kappa shape index (κ3) is 2.13. The zero-order valence-corrected chi connectivity index (χ0v) is 9.74. The molecule has 0 aliphatic rings. The van der Waals surface area contributed by atoms with E-state index in [0.717, 1.165) is 23.3 Å². The summed E-state index contributed by atoms with van der Waals surface area (Å²) in [6, 6.07) is 14.0. The van der Waals surface area contributed by atoms with Gasteiger partial charge in [0, 0.05) is 12.7 Å². The highest BCUT2D eigenvalue weighted by Crippen LogP contribution is 2.17. The normalized spacial score (nSPS) is 10.4. The first kappa shape index (κ1) is 10.7. The topological polar surface area (TPSA) is 50.7 Å². The maximum atomic E-state index is 4.33. The molecule has 0 fully saturated rings. The molecule has 4 heteroatoms. The molecule has 3 rings (SSSR count). The van der Waals surface area contributed by atoms with Gasteiger partial charge in [-0.3, -0.25) is 4.98 Å². The van der Waals surface area contributed by atoms with E-state index in [-0.39, 0.29) is 0 Å². The van der Waals surface area contributed by atoms with Gasteiger partial charge in [-0.15, -0.1) is 5.10 Å². The second-order valence-electron chi connectivity index (χ2n) is 3.97. The van der Waals surface area contributed by atoms with E-state index < -0.39 is 0 Å². The van der Waals surface area contributed by atoms with Gasteiger partial charge < -0.3 is 5.32 Å². The molecule has 3 aromatic rings. The minimum absolute atomic E-state index is 0.748. The molecule has 88 valence electrons. The molecule has 0 spiro atoms. The molecule has 2 aromatic heterocycles. The number of aromatic nitrogens is 3. The van der Waals surface area contributed by atoms with Crippen molar-refractivity contribution >= 4 is 16.7 Å². The third-order valence-electron chi connectivity index (χ3n) is 2.72. The van der Waals surface area contributed by atoms with Crippen LogP contribution in [0.1, 0.15) is 5.56 Å². The van der Waals surface area contributed by atoms with E-state index in [2.05, 4.69) is 32.6 Å². The van der Waals surface area contributed by atoms with E-state index in [0.29, 0.717) is 0 Å². The van der Waals surface area contributed by atoms with Crippen molar-refractivity contribution in [2.45, 2.75) is 6.54 Å². The average molecular weight is 236 g/mol. The van der Waals surface area contributed by atoms with Crippen LogP contribution < -0.4 is 5.32 Å². The van der Waals surface area contributed by atoms with Gasteiger partial charge in [0.15, 0.2) is 0 Å². The van der Waals surface area contributed by atoms with E-state index in [4.69, 9.17) is 0 Å². The summed E-state index contributed by atoms with van der Waals surface area (Å²) in [5, 5.41) is 11.4. The van der Waals surface area contributed by atoms with Crippen LogP contribution in [0.15, 0.2) is 54.9 Å². The number of anilines is 1. The highest BCUT2D eigenvalue weighted by atomic mass is 15.1. The number of nitrogens with zero attached hydrogens (tertiary/aromatic N) is 3. The van der Waals surface area contributed by atoms with Gasteiger partial charge >= 0.3 is 0 Å². The lowest BCUT2D eigenvalue weighted by Crippen LogP contribution is -2.01. The SMILES string of the molecule is c1ccc(CNc2cnnc3cccnc23)cc1. The molecular weight excluding hydrogens is 224 g/mol. The summed E-state index contributed by atoms with van der Waals surface area (Å²) in [7, 11) is 0. The predicted octanol–water partition coefficient (Wildman–Crippen LogP) is 2.64. The summed E-state index contributed by atoms with van der Waals surface area (Å²) in [5.41, 5.74) is 3.78. The maximum Gasteiger partial charge on any atom is 0.115 e. The Bertz CT molecular complexity index is 647. The first-order valence-electron chi connectivity index (χ1n) is 5.78. The Morgan fingerprint density at radius 2 is 1.89 bits per heavy atom. The number of hydrogen-bond acceptors (Lipinski definition) is 4. The Morgan fingerprint density at radius 1 is 1.00 bits per heavy atom. The highest BCUT2D eigenvalue weighted by Gasteiger charge is 2.02. The van der Waals surface area contributed by atoms with E-state index in [9.17, 15) is 0 Å². The van der Waals surface area contributed by atoms with Gasteiger partial charge in [0.1, 0.15) is 11.0 Å². The third-order valence-corrected chi connectivity index (χ3v) is 2.72. The molecule has 2 heterocycles. The Labute approximate surface area is 105 Å². The van der Waals surface area contributed by atoms with Crippen LogP contribution in [0, 0.1) is 0 Å². The zero-order valence-electron chi connectivity index (χ0n) is 9.74. The highest BCUT2D eigenvalue weighted by molar-refractivity contribution is 5.85. The molecule has 0 aliphatic carbocycles. The van der Waals surface area contributed by atoms with Crippen molar-refractivity contribution in [1.29, 1.82) is 0 Å². The number of pyridine rings is 1. The summed E-state index contributed by atoms with van der Waals surface area (Å²) in [5.74, 6) is 0. The van der Waals surface area contributed by atoms with Gasteiger partial charge in [-0.05, 0) is 17.7 Å². The van der Waals surface area contributed by atoms with Crippen LogP contribution in [-0.2, 0) is 6.54 Å². The van der Waals surface area contributed by atoms with Crippen LogP contribution >= 0.6 is 0 Å². The summed E-state index contributed by atoms with van der Waals surface area (Å²) in [6.45, 7) is 0.748. The first-order chi connectivity index (χ1) is 8.93. The summed E-state index contributed by atoms with van der Waals surface area (Å²) in [4.78, 5) is 4.33. The van der Waals surface area contributed by atoms with Crippen molar-refractivity contribution in [3.8, 4) is 0 Å². The van der Waals surface area contributed by atoms with E-state index in [1.807, 2.05) is 30.3 Å². The minimum atomic E-state index is 0.748. The lowest BCUT2D eigenvalue weighted by atomic mass is 10.2. The predicted molar refractivity (Wildman–Crippen MR) is 71.1 cm³/mol. The van der Waals surface area contributed by atoms with Crippen molar-refractivity contribution in [2.24, 2.45) is 0 Å². The quantitative estimate of drug-likeness (QED) is 0.759. The molecule has 0 radical (unpaired) electrons.